The van der Waals surface area contributed by atoms with Crippen LogP contribution in [0, 0.1) is 0 Å². The molecule has 4 aromatic rings. The van der Waals surface area contributed by atoms with E-state index in [1.807, 2.05) is 0 Å². The van der Waals surface area contributed by atoms with E-state index in [-0.39, 0.29) is 37.4 Å². The molecule has 0 spiro atoms. The Hall–Kier alpha value is -4.76. The van der Waals surface area contributed by atoms with E-state index in [2.05, 4.69) is 51.8 Å². The number of nitrogens with one attached hydrogen (secondary N) is 3. The third-order valence-corrected chi connectivity index (χ3v) is 8.13. The lowest BCUT2D eigenvalue weighted by Gasteiger charge is -2.28. The van der Waals surface area contributed by atoms with E-state index >= 15 is 0 Å². The molecule has 0 radical (unpaired) electrons. The standard InChI is InChI=1S/C14H11ClF3N5O2.C10H7BrClF3N2O2.C4H5N3/c1-13(5-14(16,17)18)22-11(24)10-7(15)4-8(12(25)23(10)13)21-9-2-3-19-6-20-9;1-9(3-10(13,14)15)16-7(18)6-5(12)2-4(11)8(19)17(6)9;5-4-1-2-6-3-7-4/h2-4,6H,5H2,1H3,(H,22,24)(H,19,20,21);2H,3H2,1H3,(H,16,18);1-3H,(H2,5,6,7). The van der Waals surface area contributed by atoms with Gasteiger partial charge in [0.05, 0.1) is 27.4 Å². The van der Waals surface area contributed by atoms with Crippen molar-refractivity contribution in [3.8, 4) is 0 Å². The Morgan fingerprint density at radius 3 is 1.69 bits per heavy atom. The van der Waals surface area contributed by atoms with E-state index in [0.717, 1.165) is 23.0 Å². The summed E-state index contributed by atoms with van der Waals surface area (Å²) in [5.74, 6) is -0.891. The number of pyridine rings is 2. The van der Waals surface area contributed by atoms with Crippen molar-refractivity contribution in [2.45, 2.75) is 50.4 Å². The fourth-order valence-electron chi connectivity index (χ4n) is 5.14. The fourth-order valence-corrected chi connectivity index (χ4v) is 6.24. The molecule has 0 saturated heterocycles. The molecule has 0 aliphatic carbocycles. The Labute approximate surface area is 300 Å². The number of carbonyl (C=O) groups is 2. The van der Waals surface area contributed by atoms with Gasteiger partial charge < -0.3 is 21.7 Å². The monoisotopic (exact) mass is 826 g/mol. The third kappa shape index (κ3) is 8.95. The van der Waals surface area contributed by atoms with Crippen LogP contribution in [0.15, 0.2) is 63.4 Å². The van der Waals surface area contributed by atoms with Crippen LogP contribution in [-0.4, -0.2) is 53.2 Å². The second kappa shape index (κ2) is 14.5. The van der Waals surface area contributed by atoms with Crippen LogP contribution in [0.3, 0.4) is 0 Å². The number of nitrogens with two attached hydrogens (primary N) is 1. The van der Waals surface area contributed by atoms with Gasteiger partial charge in [0, 0.05) is 12.4 Å². The van der Waals surface area contributed by atoms with Gasteiger partial charge in [-0.05, 0) is 54.0 Å². The lowest BCUT2D eigenvalue weighted by atomic mass is 10.1. The van der Waals surface area contributed by atoms with Crippen molar-refractivity contribution in [2.75, 3.05) is 11.1 Å². The normalized spacial score (nSPS) is 19.0. The Morgan fingerprint density at radius 2 is 1.27 bits per heavy atom. The Balaban J connectivity index is 0.000000197. The maximum absolute atomic E-state index is 12.9. The van der Waals surface area contributed by atoms with Gasteiger partial charge >= 0.3 is 12.4 Å². The van der Waals surface area contributed by atoms with Crippen molar-refractivity contribution in [3.63, 3.8) is 0 Å². The van der Waals surface area contributed by atoms with Gasteiger partial charge in [-0.2, -0.15) is 26.3 Å². The summed E-state index contributed by atoms with van der Waals surface area (Å²) < 4.78 is 78.0. The predicted octanol–water partition coefficient (Wildman–Crippen LogP) is 5.10. The van der Waals surface area contributed by atoms with Gasteiger partial charge in [0.25, 0.3) is 22.9 Å². The predicted molar refractivity (Wildman–Crippen MR) is 174 cm³/mol. The van der Waals surface area contributed by atoms with E-state index < -0.39 is 59.5 Å². The zero-order valence-electron chi connectivity index (χ0n) is 25.8. The highest BCUT2D eigenvalue weighted by Gasteiger charge is 2.50. The van der Waals surface area contributed by atoms with Crippen LogP contribution in [0.25, 0.3) is 0 Å². The summed E-state index contributed by atoms with van der Waals surface area (Å²) in [7, 11) is 0. The Kier molecular flexibility index (Phi) is 11.1. The largest absolute Gasteiger partial charge is 0.393 e. The molecule has 0 aromatic carbocycles. The molecule has 5 N–H and O–H groups in total. The van der Waals surface area contributed by atoms with Gasteiger partial charge in [-0.15, -0.1) is 0 Å². The summed E-state index contributed by atoms with van der Waals surface area (Å²) in [5, 5.41) is 6.78. The molecular weight excluding hydrogens is 805 g/mol. The van der Waals surface area contributed by atoms with Crippen molar-refractivity contribution in [1.29, 1.82) is 0 Å². The zero-order valence-corrected chi connectivity index (χ0v) is 28.9. The topological polar surface area (TPSA) is 192 Å². The number of halogens is 9. The van der Waals surface area contributed by atoms with Crippen LogP contribution in [-0.2, 0) is 11.3 Å². The second-order valence-corrected chi connectivity index (χ2v) is 12.8. The molecule has 51 heavy (non-hydrogen) atoms. The lowest BCUT2D eigenvalue weighted by Crippen LogP contribution is -2.47. The van der Waals surface area contributed by atoms with E-state index in [1.54, 1.807) is 12.3 Å². The van der Waals surface area contributed by atoms with Gasteiger partial charge in [-0.1, -0.05) is 23.2 Å². The van der Waals surface area contributed by atoms with Crippen molar-refractivity contribution in [1.82, 2.24) is 39.7 Å². The molecule has 2 amide bonds. The summed E-state index contributed by atoms with van der Waals surface area (Å²) >= 11 is 14.8. The number of amides is 2. The highest BCUT2D eigenvalue weighted by Crippen LogP contribution is 2.37. The summed E-state index contributed by atoms with van der Waals surface area (Å²) in [5.41, 5.74) is -0.916. The number of carbonyl (C=O) groups excluding carboxylic acids is 2. The number of rotatable bonds is 4. The molecule has 0 bridgehead atoms. The molecule has 272 valence electrons. The molecule has 2 aliphatic heterocycles. The highest BCUT2D eigenvalue weighted by molar-refractivity contribution is 9.10. The smallest absolute Gasteiger partial charge is 0.384 e. The number of fused-ring (bicyclic) bond motifs is 2. The minimum atomic E-state index is -4.61. The molecule has 0 fully saturated rings. The molecule has 23 heteroatoms. The Bertz CT molecular complexity index is 2090. The number of nitrogen functional groups attached to an aromatic ring is 1. The average molecular weight is 828 g/mol. The van der Waals surface area contributed by atoms with Crippen LogP contribution in [0.5, 0.6) is 0 Å². The average Bonchev–Trinajstić information content (AvgIpc) is 3.41. The minimum Gasteiger partial charge on any atom is -0.384 e. The van der Waals surface area contributed by atoms with Gasteiger partial charge in [-0.25, -0.2) is 19.9 Å². The molecule has 2 aliphatic rings. The van der Waals surface area contributed by atoms with Crippen LogP contribution < -0.4 is 32.8 Å². The van der Waals surface area contributed by atoms with E-state index in [9.17, 15) is 45.5 Å². The van der Waals surface area contributed by atoms with Crippen LogP contribution >= 0.6 is 39.1 Å². The van der Waals surface area contributed by atoms with Gasteiger partial charge in [0.1, 0.15) is 52.7 Å². The first-order valence-electron chi connectivity index (χ1n) is 14.0. The summed E-state index contributed by atoms with van der Waals surface area (Å²) in [6.07, 6.45) is -6.28. The molecule has 4 aromatic heterocycles. The quantitative estimate of drug-likeness (QED) is 0.202. The highest BCUT2D eigenvalue weighted by atomic mass is 79.9. The maximum atomic E-state index is 12.9. The lowest BCUT2D eigenvalue weighted by molar-refractivity contribution is -0.156. The molecule has 6 heterocycles. The van der Waals surface area contributed by atoms with Crippen LogP contribution in [0.1, 0.15) is 47.7 Å². The van der Waals surface area contributed by atoms with E-state index in [1.165, 1.54) is 37.1 Å². The SMILES string of the molecule is CC1(CC(F)(F)F)NC(=O)c2c(Cl)cc(Br)c(=O)n21.CC1(CC(F)(F)F)NC(=O)c2c(Cl)cc(Nc3ccncn3)c(=O)n21.Nc1ccncn1. The van der Waals surface area contributed by atoms with Crippen molar-refractivity contribution < 1.29 is 35.9 Å². The first-order valence-corrected chi connectivity index (χ1v) is 15.5. The molecule has 2 atom stereocenters. The minimum absolute atomic E-state index is 0.00819. The molecule has 2 unspecified atom stereocenters. The van der Waals surface area contributed by atoms with Gasteiger partial charge in [0.2, 0.25) is 0 Å². The molecular formula is C28H23BrCl2F6N10O4. The van der Waals surface area contributed by atoms with Gasteiger partial charge in [-0.3, -0.25) is 28.3 Å². The molecule has 0 saturated carbocycles. The summed E-state index contributed by atoms with van der Waals surface area (Å²) in [6.45, 7) is 2.24. The number of hydrogen-bond acceptors (Lipinski definition) is 10. The maximum Gasteiger partial charge on any atom is 0.393 e. The van der Waals surface area contributed by atoms with Crippen molar-refractivity contribution in [3.05, 3.63) is 95.9 Å². The summed E-state index contributed by atoms with van der Waals surface area (Å²) in [6, 6.07) is 5.47. The van der Waals surface area contributed by atoms with Crippen LogP contribution in [0.2, 0.25) is 10.0 Å². The molecule has 14 nitrogen and oxygen atoms in total. The van der Waals surface area contributed by atoms with E-state index in [0.29, 0.717) is 5.82 Å². The zero-order chi connectivity index (χ0) is 38.1. The Morgan fingerprint density at radius 1 is 0.804 bits per heavy atom. The number of nitrogens with zero attached hydrogens (tertiary/aromatic N) is 6. The number of alkyl halides is 6. The third-order valence-electron chi connectivity index (χ3n) is 6.99. The van der Waals surface area contributed by atoms with Crippen molar-refractivity contribution in [2.24, 2.45) is 0 Å². The van der Waals surface area contributed by atoms with Crippen LogP contribution in [0.4, 0.5) is 43.7 Å². The van der Waals surface area contributed by atoms with Crippen molar-refractivity contribution >= 4 is 68.3 Å². The number of hydrogen-bond donors (Lipinski definition) is 4. The summed E-state index contributed by atoms with van der Waals surface area (Å²) in [4.78, 5) is 63.3. The number of anilines is 3. The second-order valence-electron chi connectivity index (χ2n) is 11.1. The van der Waals surface area contributed by atoms with Gasteiger partial charge in [0.15, 0.2) is 0 Å². The number of aromatic nitrogens is 6. The van der Waals surface area contributed by atoms with E-state index in [4.69, 9.17) is 28.9 Å². The first kappa shape index (κ1) is 39.0. The molecule has 6 rings (SSSR count). The fraction of sp³-hybridized carbons (Fsp3) is 0.286. The first-order chi connectivity index (χ1) is 23.5.